The Morgan fingerprint density at radius 1 is 1.29 bits per heavy atom. The van der Waals surface area contributed by atoms with Crippen LogP contribution in [0.4, 0.5) is 5.69 Å². The van der Waals surface area contributed by atoms with E-state index < -0.39 is 0 Å². The highest BCUT2D eigenvalue weighted by atomic mass is 35.5. The molecule has 0 amide bonds. The minimum absolute atomic E-state index is 0.0637. The number of ether oxygens (including phenoxy) is 1. The molecule has 2 aromatic carbocycles. The van der Waals surface area contributed by atoms with Gasteiger partial charge in [0.05, 0.1) is 6.04 Å². The van der Waals surface area contributed by atoms with Gasteiger partial charge in [-0.1, -0.05) is 23.7 Å². The molecule has 0 fully saturated rings. The first kappa shape index (κ1) is 13.8. The van der Waals surface area contributed by atoms with Crippen LogP contribution >= 0.6 is 11.6 Å². The Labute approximate surface area is 129 Å². The van der Waals surface area contributed by atoms with E-state index in [1.54, 1.807) is 0 Å². The maximum absolute atomic E-state index is 8.56. The predicted octanol–water partition coefficient (Wildman–Crippen LogP) is 4.34. The first-order valence-corrected chi connectivity index (χ1v) is 7.29. The third-order valence-corrected chi connectivity index (χ3v) is 3.90. The van der Waals surface area contributed by atoms with Gasteiger partial charge < -0.3 is 10.1 Å². The van der Waals surface area contributed by atoms with Gasteiger partial charge in [-0.25, -0.2) is 0 Å². The highest BCUT2D eigenvalue weighted by molar-refractivity contribution is 6.30. The van der Waals surface area contributed by atoms with E-state index in [0.29, 0.717) is 11.8 Å². The van der Waals surface area contributed by atoms with E-state index in [2.05, 4.69) is 11.4 Å². The lowest BCUT2D eigenvalue weighted by molar-refractivity contribution is 0.368. The Morgan fingerprint density at radius 2 is 2.19 bits per heavy atom. The second-order valence-electron chi connectivity index (χ2n) is 5.05. The molecule has 106 valence electrons. The van der Waals surface area contributed by atoms with E-state index in [9.17, 15) is 0 Å². The smallest absolute Gasteiger partial charge is 0.174 e. The second kappa shape index (κ2) is 6.07. The number of anilines is 1. The Kier molecular flexibility index (Phi) is 3.98. The molecule has 0 radical (unpaired) electrons. The van der Waals surface area contributed by atoms with Crippen molar-refractivity contribution < 1.29 is 4.74 Å². The van der Waals surface area contributed by atoms with Crippen molar-refractivity contribution in [2.24, 2.45) is 0 Å². The quantitative estimate of drug-likeness (QED) is 0.913. The molecule has 0 heterocycles. The van der Waals surface area contributed by atoms with Gasteiger partial charge in [0.25, 0.3) is 0 Å². The molecule has 0 spiro atoms. The Morgan fingerprint density at radius 3 is 3.05 bits per heavy atom. The third-order valence-electron chi connectivity index (χ3n) is 3.66. The molecule has 2 aromatic rings. The van der Waals surface area contributed by atoms with Crippen LogP contribution in [0.5, 0.6) is 5.75 Å². The van der Waals surface area contributed by atoms with Crippen LogP contribution < -0.4 is 10.1 Å². The zero-order valence-electron chi connectivity index (χ0n) is 11.5. The molecule has 1 unspecified atom stereocenters. The van der Waals surface area contributed by atoms with Crippen molar-refractivity contribution in [1.29, 1.82) is 5.26 Å². The highest BCUT2D eigenvalue weighted by Gasteiger charge is 2.22. The second-order valence-corrected chi connectivity index (χ2v) is 5.49. The van der Waals surface area contributed by atoms with Gasteiger partial charge in [0, 0.05) is 16.8 Å². The van der Waals surface area contributed by atoms with E-state index in [4.69, 9.17) is 21.6 Å². The average Bonchev–Trinajstić information content (AvgIpc) is 2.87. The van der Waals surface area contributed by atoms with Crippen LogP contribution in [0.2, 0.25) is 5.02 Å². The molecule has 0 saturated carbocycles. The normalized spacial score (nSPS) is 16.1. The number of fused-ring (bicyclic) bond motifs is 1. The molecular formula is C17H15ClN2O. The molecule has 0 bridgehead atoms. The number of aryl methyl sites for hydroxylation is 1. The number of hydrogen-bond donors (Lipinski definition) is 1. The van der Waals surface area contributed by atoms with Gasteiger partial charge in [0.15, 0.2) is 6.61 Å². The van der Waals surface area contributed by atoms with E-state index in [1.807, 2.05) is 42.5 Å². The van der Waals surface area contributed by atoms with Crippen molar-refractivity contribution in [1.82, 2.24) is 0 Å². The Hall–Kier alpha value is -2.18. The fourth-order valence-corrected chi connectivity index (χ4v) is 2.92. The zero-order chi connectivity index (χ0) is 14.7. The molecule has 3 rings (SSSR count). The largest absolute Gasteiger partial charge is 0.479 e. The minimum Gasteiger partial charge on any atom is -0.479 e. The van der Waals surface area contributed by atoms with Gasteiger partial charge >= 0.3 is 0 Å². The summed E-state index contributed by atoms with van der Waals surface area (Å²) in [6.45, 7) is 0.0637. The number of nitrogens with zero attached hydrogens (tertiary/aromatic N) is 1. The number of nitrogens with one attached hydrogen (secondary N) is 1. The number of nitriles is 1. The van der Waals surface area contributed by atoms with Crippen molar-refractivity contribution in [3.8, 4) is 11.8 Å². The number of halogens is 1. The van der Waals surface area contributed by atoms with Crippen molar-refractivity contribution in [2.75, 3.05) is 11.9 Å². The van der Waals surface area contributed by atoms with Crippen molar-refractivity contribution in [3.05, 3.63) is 58.6 Å². The van der Waals surface area contributed by atoms with Gasteiger partial charge in [-0.2, -0.15) is 5.26 Å². The zero-order valence-corrected chi connectivity index (χ0v) is 12.2. The molecule has 1 aliphatic rings. The summed E-state index contributed by atoms with van der Waals surface area (Å²) in [5, 5.41) is 12.9. The van der Waals surface area contributed by atoms with Crippen LogP contribution in [0, 0.1) is 11.3 Å². The monoisotopic (exact) mass is 298 g/mol. The number of hydrogen-bond acceptors (Lipinski definition) is 3. The predicted molar refractivity (Wildman–Crippen MR) is 83.7 cm³/mol. The summed E-state index contributed by atoms with van der Waals surface area (Å²) in [5.74, 6) is 0.705. The summed E-state index contributed by atoms with van der Waals surface area (Å²) in [6, 6.07) is 16.1. The molecule has 0 aliphatic heterocycles. The van der Waals surface area contributed by atoms with Crippen molar-refractivity contribution in [3.63, 3.8) is 0 Å². The fourth-order valence-electron chi connectivity index (χ4n) is 2.73. The highest BCUT2D eigenvalue weighted by Crippen LogP contribution is 2.35. The topological polar surface area (TPSA) is 45.0 Å². The molecular weight excluding hydrogens is 284 g/mol. The van der Waals surface area contributed by atoms with E-state index >= 15 is 0 Å². The van der Waals surface area contributed by atoms with Gasteiger partial charge in [-0.15, -0.1) is 0 Å². The lowest BCUT2D eigenvalue weighted by Crippen LogP contribution is -2.07. The SMILES string of the molecule is N#CCOc1cccc(NC2CCc3cc(Cl)ccc32)c1. The van der Waals surface area contributed by atoms with E-state index in [-0.39, 0.29) is 6.61 Å². The van der Waals surface area contributed by atoms with Crippen molar-refractivity contribution >= 4 is 17.3 Å². The standard InChI is InChI=1S/C17H15ClN2O/c18-13-5-6-16-12(10-13)4-7-17(16)20-14-2-1-3-15(11-14)21-9-8-19/h1-3,5-6,10-11,17,20H,4,7,9H2. The summed E-state index contributed by atoms with van der Waals surface area (Å²) >= 11 is 6.04. The number of rotatable bonds is 4. The summed E-state index contributed by atoms with van der Waals surface area (Å²) in [4.78, 5) is 0. The molecule has 1 aliphatic carbocycles. The first-order valence-electron chi connectivity index (χ1n) is 6.91. The average molecular weight is 299 g/mol. The lowest BCUT2D eigenvalue weighted by atomic mass is 10.1. The molecule has 1 N–H and O–H groups in total. The van der Waals surface area contributed by atoms with Crippen LogP contribution in [0.15, 0.2) is 42.5 Å². The summed E-state index contributed by atoms with van der Waals surface area (Å²) < 4.78 is 5.33. The first-order chi connectivity index (χ1) is 10.3. The fraction of sp³-hybridized carbons (Fsp3) is 0.235. The number of benzene rings is 2. The van der Waals surface area contributed by atoms with Gasteiger partial charge in [0.2, 0.25) is 0 Å². The summed E-state index contributed by atoms with van der Waals surface area (Å²) in [5.41, 5.74) is 3.62. The minimum atomic E-state index is 0.0637. The molecule has 4 heteroatoms. The Bertz CT molecular complexity index is 693. The van der Waals surface area contributed by atoms with Gasteiger partial charge in [0.1, 0.15) is 11.8 Å². The van der Waals surface area contributed by atoms with Crippen LogP contribution in [0.3, 0.4) is 0 Å². The van der Waals surface area contributed by atoms with Crippen LogP contribution in [-0.4, -0.2) is 6.61 Å². The van der Waals surface area contributed by atoms with Crippen LogP contribution in [0.1, 0.15) is 23.6 Å². The van der Waals surface area contributed by atoms with Crippen LogP contribution in [-0.2, 0) is 6.42 Å². The molecule has 3 nitrogen and oxygen atoms in total. The van der Waals surface area contributed by atoms with E-state index in [1.165, 1.54) is 11.1 Å². The molecule has 0 saturated heterocycles. The summed E-state index contributed by atoms with van der Waals surface area (Å²) in [6.07, 6.45) is 2.09. The van der Waals surface area contributed by atoms with Crippen molar-refractivity contribution in [2.45, 2.75) is 18.9 Å². The molecule has 1 atom stereocenters. The molecule has 0 aromatic heterocycles. The maximum Gasteiger partial charge on any atom is 0.174 e. The lowest BCUT2D eigenvalue weighted by Gasteiger charge is -2.16. The van der Waals surface area contributed by atoms with E-state index in [0.717, 1.165) is 23.6 Å². The third kappa shape index (κ3) is 3.12. The maximum atomic E-state index is 8.56. The van der Waals surface area contributed by atoms with Gasteiger partial charge in [-0.05, 0) is 48.2 Å². The Balaban J connectivity index is 1.75. The van der Waals surface area contributed by atoms with Gasteiger partial charge in [-0.3, -0.25) is 0 Å². The summed E-state index contributed by atoms with van der Waals surface area (Å²) in [7, 11) is 0. The van der Waals surface area contributed by atoms with Crippen LogP contribution in [0.25, 0.3) is 0 Å². The molecule has 21 heavy (non-hydrogen) atoms.